The number of carbonyl (C=O) groups excluding carboxylic acids is 1. The van der Waals surface area contributed by atoms with E-state index in [0.717, 1.165) is 23.0 Å². The number of likely N-dealkylation sites (N-methyl/N-ethyl adjacent to an activating group) is 1. The van der Waals surface area contributed by atoms with E-state index in [0.29, 0.717) is 12.5 Å². The van der Waals surface area contributed by atoms with Crippen molar-refractivity contribution >= 4 is 17.2 Å². The number of aromatic nitrogens is 1. The predicted octanol–water partition coefficient (Wildman–Crippen LogP) is 2.92. The van der Waals surface area contributed by atoms with Gasteiger partial charge < -0.3 is 4.90 Å². The molecule has 21 heavy (non-hydrogen) atoms. The SMILES string of the molecule is Cc1ncc(CN(C)C(=O)[C@H](C(C)C)N2CCCCC2)s1. The molecule has 1 aromatic heterocycles. The molecule has 1 amide bonds. The summed E-state index contributed by atoms with van der Waals surface area (Å²) in [4.78, 5) is 22.5. The Bertz CT molecular complexity index is 466. The maximum Gasteiger partial charge on any atom is 0.240 e. The van der Waals surface area contributed by atoms with Gasteiger partial charge in [0.15, 0.2) is 0 Å². The third-order valence-corrected chi connectivity index (χ3v) is 5.00. The van der Waals surface area contributed by atoms with Crippen LogP contribution in [0.25, 0.3) is 0 Å². The van der Waals surface area contributed by atoms with Crippen molar-refractivity contribution < 1.29 is 4.79 Å². The highest BCUT2D eigenvalue weighted by molar-refractivity contribution is 7.11. The predicted molar refractivity (Wildman–Crippen MR) is 87.4 cm³/mol. The minimum atomic E-state index is 0.0179. The molecule has 1 fully saturated rings. The topological polar surface area (TPSA) is 36.4 Å². The molecule has 1 aliphatic heterocycles. The van der Waals surface area contributed by atoms with Gasteiger partial charge in [-0.3, -0.25) is 9.69 Å². The number of carbonyl (C=O) groups is 1. The van der Waals surface area contributed by atoms with Crippen molar-refractivity contribution in [2.24, 2.45) is 5.92 Å². The number of piperidine rings is 1. The van der Waals surface area contributed by atoms with Crippen molar-refractivity contribution in [3.63, 3.8) is 0 Å². The molecule has 1 atom stereocenters. The number of nitrogens with zero attached hydrogens (tertiary/aromatic N) is 3. The lowest BCUT2D eigenvalue weighted by Gasteiger charge is -2.37. The van der Waals surface area contributed by atoms with Gasteiger partial charge in [0.05, 0.1) is 17.6 Å². The second-order valence-corrected chi connectivity index (χ2v) is 7.64. The van der Waals surface area contributed by atoms with Crippen LogP contribution in [0.2, 0.25) is 0 Å². The van der Waals surface area contributed by atoms with Gasteiger partial charge in [-0.05, 0) is 38.8 Å². The molecular weight excluding hydrogens is 282 g/mol. The highest BCUT2D eigenvalue weighted by Gasteiger charge is 2.31. The lowest BCUT2D eigenvalue weighted by molar-refractivity contribution is -0.138. The Morgan fingerprint density at radius 3 is 2.57 bits per heavy atom. The van der Waals surface area contributed by atoms with Crippen molar-refractivity contribution in [2.45, 2.75) is 52.6 Å². The van der Waals surface area contributed by atoms with E-state index in [2.05, 4.69) is 23.7 Å². The van der Waals surface area contributed by atoms with E-state index in [1.54, 1.807) is 11.3 Å². The summed E-state index contributed by atoms with van der Waals surface area (Å²) in [6, 6.07) is 0.0179. The zero-order chi connectivity index (χ0) is 15.4. The average molecular weight is 309 g/mol. The Hall–Kier alpha value is -0.940. The van der Waals surface area contributed by atoms with E-state index in [9.17, 15) is 4.79 Å². The summed E-state index contributed by atoms with van der Waals surface area (Å²) in [7, 11) is 1.91. The van der Waals surface area contributed by atoms with Crippen LogP contribution in [0.4, 0.5) is 0 Å². The molecule has 1 aromatic rings. The van der Waals surface area contributed by atoms with Crippen LogP contribution >= 0.6 is 11.3 Å². The highest BCUT2D eigenvalue weighted by atomic mass is 32.1. The number of hydrogen-bond acceptors (Lipinski definition) is 4. The second-order valence-electron chi connectivity index (χ2n) is 6.33. The molecule has 0 radical (unpaired) electrons. The first-order valence-corrected chi connectivity index (χ1v) is 8.71. The van der Waals surface area contributed by atoms with Crippen LogP contribution in [0.3, 0.4) is 0 Å². The quantitative estimate of drug-likeness (QED) is 0.839. The van der Waals surface area contributed by atoms with Crippen LogP contribution in [-0.4, -0.2) is 46.9 Å². The molecule has 2 heterocycles. The zero-order valence-corrected chi connectivity index (χ0v) is 14.4. The maximum absolute atomic E-state index is 12.9. The van der Waals surface area contributed by atoms with E-state index < -0.39 is 0 Å². The molecule has 0 spiro atoms. The summed E-state index contributed by atoms with van der Waals surface area (Å²) in [5.74, 6) is 0.596. The lowest BCUT2D eigenvalue weighted by atomic mass is 9.98. The highest BCUT2D eigenvalue weighted by Crippen LogP contribution is 2.21. The molecule has 0 aliphatic carbocycles. The third-order valence-electron chi connectivity index (χ3n) is 4.11. The molecule has 0 unspecified atom stereocenters. The zero-order valence-electron chi connectivity index (χ0n) is 13.6. The molecule has 118 valence electrons. The van der Waals surface area contributed by atoms with E-state index in [1.165, 1.54) is 19.3 Å². The lowest BCUT2D eigenvalue weighted by Crippen LogP contribution is -2.51. The van der Waals surface area contributed by atoms with Gasteiger partial charge in [-0.15, -0.1) is 11.3 Å². The van der Waals surface area contributed by atoms with Gasteiger partial charge in [0, 0.05) is 18.1 Å². The molecule has 0 aromatic carbocycles. The molecular formula is C16H27N3OS. The summed E-state index contributed by atoms with van der Waals surface area (Å²) in [5, 5.41) is 1.06. The number of likely N-dealkylation sites (tertiary alicyclic amines) is 1. The monoisotopic (exact) mass is 309 g/mol. The molecule has 4 nitrogen and oxygen atoms in total. The Kier molecular flexibility index (Phi) is 5.76. The largest absolute Gasteiger partial charge is 0.339 e. The van der Waals surface area contributed by atoms with Gasteiger partial charge in [-0.2, -0.15) is 0 Å². The fourth-order valence-electron chi connectivity index (χ4n) is 3.08. The number of rotatable bonds is 5. The molecule has 2 rings (SSSR count). The van der Waals surface area contributed by atoms with Crippen molar-refractivity contribution in [3.8, 4) is 0 Å². The average Bonchev–Trinajstić information content (AvgIpc) is 2.85. The van der Waals surface area contributed by atoms with Crippen molar-refractivity contribution in [1.82, 2.24) is 14.8 Å². The summed E-state index contributed by atoms with van der Waals surface area (Å²) >= 11 is 1.67. The Morgan fingerprint density at radius 2 is 2.05 bits per heavy atom. The molecule has 1 saturated heterocycles. The molecule has 1 aliphatic rings. The van der Waals surface area contributed by atoms with Gasteiger partial charge in [0.25, 0.3) is 0 Å². The minimum absolute atomic E-state index is 0.0179. The van der Waals surface area contributed by atoms with Crippen LogP contribution in [-0.2, 0) is 11.3 Å². The second kappa shape index (κ2) is 7.36. The number of amides is 1. The Morgan fingerprint density at radius 1 is 1.38 bits per heavy atom. The Balaban J connectivity index is 2.02. The standard InChI is InChI=1S/C16H27N3OS/c1-12(2)15(19-8-6-5-7-9-19)16(20)18(4)11-14-10-17-13(3)21-14/h10,12,15H,5-9,11H2,1-4H3/t15-/m0/s1. The van der Waals surface area contributed by atoms with Crippen molar-refractivity contribution in [2.75, 3.05) is 20.1 Å². The van der Waals surface area contributed by atoms with Gasteiger partial charge in [-0.25, -0.2) is 4.98 Å². The molecule has 5 heteroatoms. The van der Waals surface area contributed by atoms with Gasteiger partial charge in [-0.1, -0.05) is 20.3 Å². The van der Waals surface area contributed by atoms with Crippen LogP contribution < -0.4 is 0 Å². The van der Waals surface area contributed by atoms with Crippen molar-refractivity contribution in [3.05, 3.63) is 16.1 Å². The summed E-state index contributed by atoms with van der Waals surface area (Å²) in [6.45, 7) is 9.09. The first-order chi connectivity index (χ1) is 9.99. The van der Waals surface area contributed by atoms with E-state index in [-0.39, 0.29) is 11.9 Å². The van der Waals surface area contributed by atoms with Gasteiger partial charge in [0.1, 0.15) is 0 Å². The number of aryl methyl sites for hydroxylation is 1. The Labute approximate surface area is 132 Å². The molecule has 0 bridgehead atoms. The first kappa shape index (κ1) is 16.4. The van der Waals surface area contributed by atoms with E-state index >= 15 is 0 Å². The fourth-order valence-corrected chi connectivity index (χ4v) is 3.92. The summed E-state index contributed by atoms with van der Waals surface area (Å²) in [5.41, 5.74) is 0. The van der Waals surface area contributed by atoms with Crippen LogP contribution in [0.1, 0.15) is 43.0 Å². The normalized spacial score (nSPS) is 18.0. The molecule has 0 N–H and O–H groups in total. The van der Waals surface area contributed by atoms with Crippen LogP contribution in [0.5, 0.6) is 0 Å². The minimum Gasteiger partial charge on any atom is -0.339 e. The fraction of sp³-hybridized carbons (Fsp3) is 0.750. The number of hydrogen-bond donors (Lipinski definition) is 0. The van der Waals surface area contributed by atoms with Crippen LogP contribution in [0.15, 0.2) is 6.20 Å². The van der Waals surface area contributed by atoms with Crippen LogP contribution in [0, 0.1) is 12.8 Å². The number of thiazole rings is 1. The molecule has 0 saturated carbocycles. The summed E-state index contributed by atoms with van der Waals surface area (Å²) in [6.07, 6.45) is 5.61. The van der Waals surface area contributed by atoms with E-state index in [1.807, 2.05) is 25.1 Å². The maximum atomic E-state index is 12.9. The third kappa shape index (κ3) is 4.27. The summed E-state index contributed by atoms with van der Waals surface area (Å²) < 4.78 is 0. The first-order valence-electron chi connectivity index (χ1n) is 7.89. The van der Waals surface area contributed by atoms with Gasteiger partial charge in [0.2, 0.25) is 5.91 Å². The van der Waals surface area contributed by atoms with Crippen molar-refractivity contribution in [1.29, 1.82) is 0 Å². The van der Waals surface area contributed by atoms with Gasteiger partial charge >= 0.3 is 0 Å². The van der Waals surface area contributed by atoms with E-state index in [4.69, 9.17) is 0 Å². The smallest absolute Gasteiger partial charge is 0.240 e.